The van der Waals surface area contributed by atoms with Crippen molar-refractivity contribution in [2.75, 3.05) is 31.9 Å². The van der Waals surface area contributed by atoms with Gasteiger partial charge >= 0.3 is 5.97 Å². The van der Waals surface area contributed by atoms with Gasteiger partial charge in [-0.1, -0.05) is 6.07 Å². The van der Waals surface area contributed by atoms with Gasteiger partial charge in [0, 0.05) is 13.3 Å². The van der Waals surface area contributed by atoms with E-state index in [4.69, 9.17) is 15.2 Å². The van der Waals surface area contributed by atoms with Crippen LogP contribution in [0.5, 0.6) is 0 Å². The van der Waals surface area contributed by atoms with E-state index in [1.54, 1.807) is 36.2 Å². The highest BCUT2D eigenvalue weighted by atomic mass is 16.5. The first-order valence-electron chi connectivity index (χ1n) is 6.41. The van der Waals surface area contributed by atoms with E-state index in [1.165, 1.54) is 7.11 Å². The second-order valence-corrected chi connectivity index (χ2v) is 4.37. The van der Waals surface area contributed by atoms with E-state index in [0.717, 1.165) is 5.69 Å². The van der Waals surface area contributed by atoms with E-state index in [0.29, 0.717) is 30.1 Å². The van der Waals surface area contributed by atoms with Crippen LogP contribution in [0.15, 0.2) is 30.6 Å². The first kappa shape index (κ1) is 14.9. The third-order valence-electron chi connectivity index (χ3n) is 2.95. The first-order chi connectivity index (χ1) is 10.2. The van der Waals surface area contributed by atoms with Gasteiger partial charge in [-0.2, -0.15) is 5.10 Å². The van der Waals surface area contributed by atoms with Gasteiger partial charge in [-0.25, -0.2) is 4.79 Å². The Morgan fingerprint density at radius 2 is 2.24 bits per heavy atom. The van der Waals surface area contributed by atoms with Crippen molar-refractivity contribution in [3.05, 3.63) is 36.2 Å². The Morgan fingerprint density at radius 1 is 1.43 bits per heavy atom. The first-order valence-corrected chi connectivity index (χ1v) is 6.41. The Morgan fingerprint density at radius 3 is 2.95 bits per heavy atom. The van der Waals surface area contributed by atoms with Crippen LogP contribution in [0.1, 0.15) is 10.4 Å². The minimum Gasteiger partial charge on any atom is -0.465 e. The molecule has 0 saturated heterocycles. The van der Waals surface area contributed by atoms with Gasteiger partial charge in [0.05, 0.1) is 49.1 Å². The van der Waals surface area contributed by atoms with E-state index in [1.807, 2.05) is 6.20 Å². The minimum absolute atomic E-state index is 0.328. The number of hydrogen-bond donors (Lipinski definition) is 2. The zero-order valence-electron chi connectivity index (χ0n) is 12.0. The molecule has 0 fully saturated rings. The molecule has 0 bridgehead atoms. The van der Waals surface area contributed by atoms with Crippen molar-refractivity contribution in [1.82, 2.24) is 9.78 Å². The van der Waals surface area contributed by atoms with Crippen LogP contribution >= 0.6 is 0 Å². The summed E-state index contributed by atoms with van der Waals surface area (Å²) >= 11 is 0. The van der Waals surface area contributed by atoms with Crippen LogP contribution in [0, 0.1) is 0 Å². The number of nitrogens with zero attached hydrogens (tertiary/aromatic N) is 2. The fourth-order valence-electron chi connectivity index (χ4n) is 1.85. The summed E-state index contributed by atoms with van der Waals surface area (Å²) in [4.78, 5) is 11.6. The molecule has 1 aromatic heterocycles. The fraction of sp³-hybridized carbons (Fsp3) is 0.286. The lowest BCUT2D eigenvalue weighted by Crippen LogP contribution is -2.07. The van der Waals surface area contributed by atoms with Crippen molar-refractivity contribution < 1.29 is 14.3 Å². The molecular weight excluding hydrogens is 272 g/mol. The molecule has 0 unspecified atom stereocenters. The number of nitrogens with one attached hydrogen (secondary N) is 1. The smallest absolute Gasteiger partial charge is 0.340 e. The van der Waals surface area contributed by atoms with E-state index < -0.39 is 5.97 Å². The van der Waals surface area contributed by atoms with Crippen LogP contribution in [0.4, 0.5) is 17.1 Å². The highest BCUT2D eigenvalue weighted by Crippen LogP contribution is 2.26. The van der Waals surface area contributed by atoms with Crippen molar-refractivity contribution in [2.45, 2.75) is 6.54 Å². The van der Waals surface area contributed by atoms with Gasteiger partial charge in [-0.05, 0) is 12.1 Å². The molecule has 0 spiro atoms. The van der Waals surface area contributed by atoms with E-state index in [-0.39, 0.29) is 0 Å². The average Bonchev–Trinajstić information content (AvgIpc) is 2.94. The number of nitrogen functional groups attached to an aromatic ring is 1. The highest BCUT2D eigenvalue weighted by molar-refractivity contribution is 5.98. The van der Waals surface area contributed by atoms with Crippen molar-refractivity contribution in [1.29, 1.82) is 0 Å². The van der Waals surface area contributed by atoms with Gasteiger partial charge in [-0.15, -0.1) is 0 Å². The van der Waals surface area contributed by atoms with Crippen molar-refractivity contribution in [3.8, 4) is 0 Å². The number of anilines is 3. The molecule has 0 aliphatic rings. The standard InChI is InChI=1S/C14H18N4O3/c1-20-7-6-18-9-10(8-16-18)17-12-5-3-4-11(13(12)15)14(19)21-2/h3-5,8-9,17H,6-7,15H2,1-2H3. The lowest BCUT2D eigenvalue weighted by atomic mass is 10.1. The summed E-state index contributed by atoms with van der Waals surface area (Å²) in [6, 6.07) is 5.14. The molecule has 2 rings (SSSR count). The number of esters is 1. The lowest BCUT2D eigenvalue weighted by Gasteiger charge is -2.10. The Hall–Kier alpha value is -2.54. The van der Waals surface area contributed by atoms with E-state index >= 15 is 0 Å². The molecule has 7 nitrogen and oxygen atoms in total. The Balaban J connectivity index is 2.16. The van der Waals surface area contributed by atoms with Crippen molar-refractivity contribution >= 4 is 23.0 Å². The molecule has 2 aromatic rings. The Labute approximate surface area is 122 Å². The average molecular weight is 290 g/mol. The fourth-order valence-corrected chi connectivity index (χ4v) is 1.85. The van der Waals surface area contributed by atoms with Gasteiger partial charge < -0.3 is 20.5 Å². The maximum atomic E-state index is 11.6. The maximum Gasteiger partial charge on any atom is 0.340 e. The molecule has 112 valence electrons. The number of aromatic nitrogens is 2. The summed E-state index contributed by atoms with van der Waals surface area (Å²) in [7, 11) is 2.96. The number of benzene rings is 1. The topological polar surface area (TPSA) is 91.4 Å². The molecule has 0 saturated carbocycles. The molecule has 1 aromatic carbocycles. The summed E-state index contributed by atoms with van der Waals surface area (Å²) in [5, 5.41) is 7.33. The zero-order chi connectivity index (χ0) is 15.2. The number of methoxy groups -OCH3 is 2. The second kappa shape index (κ2) is 6.76. The molecule has 1 heterocycles. The normalized spacial score (nSPS) is 10.4. The monoisotopic (exact) mass is 290 g/mol. The lowest BCUT2D eigenvalue weighted by molar-refractivity contribution is 0.0602. The van der Waals surface area contributed by atoms with Crippen LogP contribution in [0.3, 0.4) is 0 Å². The number of nitrogens with two attached hydrogens (primary N) is 1. The molecule has 21 heavy (non-hydrogen) atoms. The molecule has 0 aliphatic carbocycles. The van der Waals surface area contributed by atoms with Crippen LogP contribution in [0.25, 0.3) is 0 Å². The number of carbonyl (C=O) groups excluding carboxylic acids is 1. The van der Waals surface area contributed by atoms with Gasteiger partial charge in [0.2, 0.25) is 0 Å². The summed E-state index contributed by atoms with van der Waals surface area (Å²) in [5.74, 6) is -0.466. The van der Waals surface area contributed by atoms with Crippen LogP contribution in [-0.2, 0) is 16.0 Å². The van der Waals surface area contributed by atoms with Gasteiger partial charge in [0.15, 0.2) is 0 Å². The van der Waals surface area contributed by atoms with Crippen LogP contribution < -0.4 is 11.1 Å². The molecule has 7 heteroatoms. The second-order valence-electron chi connectivity index (χ2n) is 4.37. The number of hydrogen-bond acceptors (Lipinski definition) is 6. The SMILES string of the molecule is COCCn1cc(Nc2cccc(C(=O)OC)c2N)cn1. The van der Waals surface area contributed by atoms with Gasteiger partial charge in [0.1, 0.15) is 0 Å². The minimum atomic E-state index is -0.466. The third-order valence-corrected chi connectivity index (χ3v) is 2.95. The highest BCUT2D eigenvalue weighted by Gasteiger charge is 2.13. The number of rotatable bonds is 6. The number of para-hydroxylation sites is 1. The predicted octanol–water partition coefficient (Wildman–Crippen LogP) is 1.64. The van der Waals surface area contributed by atoms with Crippen molar-refractivity contribution in [2.24, 2.45) is 0 Å². The zero-order valence-corrected chi connectivity index (χ0v) is 12.0. The summed E-state index contributed by atoms with van der Waals surface area (Å²) < 4.78 is 11.4. The quantitative estimate of drug-likeness (QED) is 0.621. The third kappa shape index (κ3) is 3.51. The largest absolute Gasteiger partial charge is 0.465 e. The van der Waals surface area contributed by atoms with Gasteiger partial charge in [-0.3, -0.25) is 4.68 Å². The Kier molecular flexibility index (Phi) is 4.78. The molecule has 0 amide bonds. The molecule has 0 atom stereocenters. The molecule has 0 aliphatic heterocycles. The number of carbonyl (C=O) groups is 1. The van der Waals surface area contributed by atoms with Crippen molar-refractivity contribution in [3.63, 3.8) is 0 Å². The summed E-state index contributed by atoms with van der Waals surface area (Å²) in [6.07, 6.45) is 3.52. The Bertz CT molecular complexity index is 624. The summed E-state index contributed by atoms with van der Waals surface area (Å²) in [5.41, 5.74) is 8.06. The molecular formula is C14H18N4O3. The maximum absolute atomic E-state index is 11.6. The van der Waals surface area contributed by atoms with E-state index in [9.17, 15) is 4.79 Å². The predicted molar refractivity (Wildman–Crippen MR) is 79.6 cm³/mol. The van der Waals surface area contributed by atoms with Crippen LogP contribution in [0.2, 0.25) is 0 Å². The number of ether oxygens (including phenoxy) is 2. The van der Waals surface area contributed by atoms with Gasteiger partial charge in [0.25, 0.3) is 0 Å². The molecule has 0 radical (unpaired) electrons. The summed E-state index contributed by atoms with van der Waals surface area (Å²) in [6.45, 7) is 1.25. The molecule has 3 N–H and O–H groups in total. The van der Waals surface area contributed by atoms with Crippen LogP contribution in [-0.4, -0.2) is 36.6 Å². The van der Waals surface area contributed by atoms with E-state index in [2.05, 4.69) is 10.4 Å².